The molecular weight excluding hydrogens is 310 g/mol. The van der Waals surface area contributed by atoms with Gasteiger partial charge in [-0.15, -0.1) is 0 Å². The highest BCUT2D eigenvalue weighted by Gasteiger charge is 2.13. The highest BCUT2D eigenvalue weighted by atomic mass is 35.5. The molecule has 0 saturated carbocycles. The summed E-state index contributed by atoms with van der Waals surface area (Å²) in [6.07, 6.45) is 0.832. The fourth-order valence-electron chi connectivity index (χ4n) is 2.59. The van der Waals surface area contributed by atoms with Crippen molar-refractivity contribution < 1.29 is 9.47 Å². The second-order valence-electron chi connectivity index (χ2n) is 5.34. The quantitative estimate of drug-likeness (QED) is 0.777. The van der Waals surface area contributed by atoms with E-state index in [1.54, 1.807) is 0 Å². The Morgan fingerprint density at radius 3 is 2.48 bits per heavy atom. The Hall–Kier alpha value is -1.71. The molecule has 1 unspecified atom stereocenters. The first-order valence-electron chi connectivity index (χ1n) is 8.02. The van der Waals surface area contributed by atoms with Gasteiger partial charge in [-0.05, 0) is 62.2 Å². The van der Waals surface area contributed by atoms with E-state index in [1.807, 2.05) is 44.2 Å². The smallest absolute Gasteiger partial charge is 0.137 e. The van der Waals surface area contributed by atoms with Crippen molar-refractivity contribution in [1.82, 2.24) is 0 Å². The van der Waals surface area contributed by atoms with Crippen molar-refractivity contribution >= 4 is 11.6 Å². The van der Waals surface area contributed by atoms with Gasteiger partial charge in [-0.3, -0.25) is 0 Å². The van der Waals surface area contributed by atoms with E-state index in [0.717, 1.165) is 23.5 Å². The summed E-state index contributed by atoms with van der Waals surface area (Å²) in [4.78, 5) is 0. The van der Waals surface area contributed by atoms with Crippen molar-refractivity contribution in [3.63, 3.8) is 0 Å². The SMILES string of the molecule is CCOc1cccc(C(CN)Cc2ccc(OCC)c(Cl)c2)c1. The third kappa shape index (κ3) is 4.88. The Balaban J connectivity index is 2.16. The van der Waals surface area contributed by atoms with Crippen LogP contribution in [0.5, 0.6) is 11.5 Å². The van der Waals surface area contributed by atoms with E-state index >= 15 is 0 Å². The maximum Gasteiger partial charge on any atom is 0.137 e. The van der Waals surface area contributed by atoms with Crippen LogP contribution >= 0.6 is 11.6 Å². The van der Waals surface area contributed by atoms with Crippen molar-refractivity contribution in [3.05, 3.63) is 58.6 Å². The normalized spacial score (nSPS) is 12.0. The molecule has 2 aromatic carbocycles. The first kappa shape index (κ1) is 17.6. The fraction of sp³-hybridized carbons (Fsp3) is 0.368. The minimum Gasteiger partial charge on any atom is -0.494 e. The molecule has 0 aliphatic heterocycles. The van der Waals surface area contributed by atoms with Gasteiger partial charge in [-0.1, -0.05) is 29.8 Å². The molecule has 0 amide bonds. The second-order valence-corrected chi connectivity index (χ2v) is 5.75. The Labute approximate surface area is 143 Å². The molecule has 3 nitrogen and oxygen atoms in total. The largest absolute Gasteiger partial charge is 0.494 e. The van der Waals surface area contributed by atoms with Gasteiger partial charge in [0.1, 0.15) is 11.5 Å². The fourth-order valence-corrected chi connectivity index (χ4v) is 2.85. The number of nitrogens with two attached hydrogens (primary N) is 1. The summed E-state index contributed by atoms with van der Waals surface area (Å²) >= 11 is 6.27. The van der Waals surface area contributed by atoms with E-state index in [1.165, 1.54) is 5.56 Å². The molecule has 0 aliphatic carbocycles. The predicted molar refractivity (Wildman–Crippen MR) is 95.7 cm³/mol. The first-order chi connectivity index (χ1) is 11.2. The Kier molecular flexibility index (Phi) is 6.75. The molecule has 0 spiro atoms. The van der Waals surface area contributed by atoms with Crippen molar-refractivity contribution in [1.29, 1.82) is 0 Å². The number of ether oxygens (including phenoxy) is 2. The molecule has 124 valence electrons. The van der Waals surface area contributed by atoms with E-state index < -0.39 is 0 Å². The molecule has 1 atom stereocenters. The number of halogens is 1. The van der Waals surface area contributed by atoms with E-state index in [0.29, 0.717) is 24.8 Å². The van der Waals surface area contributed by atoms with Crippen molar-refractivity contribution in [2.75, 3.05) is 19.8 Å². The minimum absolute atomic E-state index is 0.226. The Morgan fingerprint density at radius 2 is 1.83 bits per heavy atom. The molecule has 0 aliphatic rings. The highest BCUT2D eigenvalue weighted by Crippen LogP contribution is 2.29. The monoisotopic (exact) mass is 333 g/mol. The summed E-state index contributed by atoms with van der Waals surface area (Å²) in [5.74, 6) is 1.83. The Morgan fingerprint density at radius 1 is 1.04 bits per heavy atom. The van der Waals surface area contributed by atoms with E-state index in [9.17, 15) is 0 Å². The number of hydrogen-bond donors (Lipinski definition) is 1. The average molecular weight is 334 g/mol. The summed E-state index contributed by atoms with van der Waals surface area (Å²) in [5, 5.41) is 0.642. The van der Waals surface area contributed by atoms with Crippen LogP contribution in [-0.2, 0) is 6.42 Å². The van der Waals surface area contributed by atoms with Gasteiger partial charge < -0.3 is 15.2 Å². The highest BCUT2D eigenvalue weighted by molar-refractivity contribution is 6.32. The maximum absolute atomic E-state index is 6.27. The van der Waals surface area contributed by atoms with Crippen molar-refractivity contribution in [3.8, 4) is 11.5 Å². The van der Waals surface area contributed by atoms with Gasteiger partial charge in [0.2, 0.25) is 0 Å². The van der Waals surface area contributed by atoms with Crippen LogP contribution in [0.25, 0.3) is 0 Å². The lowest BCUT2D eigenvalue weighted by atomic mass is 9.92. The maximum atomic E-state index is 6.27. The predicted octanol–water partition coefficient (Wildman–Crippen LogP) is 4.42. The van der Waals surface area contributed by atoms with Crippen molar-refractivity contribution in [2.24, 2.45) is 5.73 Å². The molecule has 23 heavy (non-hydrogen) atoms. The molecule has 0 fully saturated rings. The molecule has 0 bridgehead atoms. The summed E-state index contributed by atoms with van der Waals surface area (Å²) in [7, 11) is 0. The van der Waals surface area contributed by atoms with Gasteiger partial charge in [-0.25, -0.2) is 0 Å². The Bertz CT molecular complexity index is 631. The second kappa shape index (κ2) is 8.80. The average Bonchev–Trinajstić information content (AvgIpc) is 2.56. The third-order valence-electron chi connectivity index (χ3n) is 3.70. The van der Waals surface area contributed by atoms with E-state index in [-0.39, 0.29) is 5.92 Å². The molecule has 0 radical (unpaired) electrons. The molecule has 0 saturated heterocycles. The van der Waals surface area contributed by atoms with Crippen LogP contribution in [0.15, 0.2) is 42.5 Å². The summed E-state index contributed by atoms with van der Waals surface area (Å²) < 4.78 is 11.1. The van der Waals surface area contributed by atoms with Crippen LogP contribution in [-0.4, -0.2) is 19.8 Å². The molecule has 2 N–H and O–H groups in total. The van der Waals surface area contributed by atoms with Crippen LogP contribution in [0, 0.1) is 0 Å². The van der Waals surface area contributed by atoms with Gasteiger partial charge in [0.05, 0.1) is 18.2 Å². The van der Waals surface area contributed by atoms with E-state index in [4.69, 9.17) is 26.8 Å². The summed E-state index contributed by atoms with van der Waals surface area (Å²) in [6.45, 7) is 5.76. The zero-order chi connectivity index (χ0) is 16.7. The lowest BCUT2D eigenvalue weighted by molar-refractivity contribution is 0.339. The molecule has 0 aromatic heterocycles. The van der Waals surface area contributed by atoms with Crippen LogP contribution in [0.4, 0.5) is 0 Å². The van der Waals surface area contributed by atoms with Crippen LogP contribution in [0.2, 0.25) is 5.02 Å². The number of rotatable bonds is 8. The van der Waals surface area contributed by atoms with Gasteiger partial charge >= 0.3 is 0 Å². The van der Waals surface area contributed by atoms with E-state index in [2.05, 4.69) is 12.1 Å². The molecule has 2 rings (SSSR count). The molecule has 4 heteroatoms. The molecule has 0 heterocycles. The van der Waals surface area contributed by atoms with Gasteiger partial charge in [0.25, 0.3) is 0 Å². The van der Waals surface area contributed by atoms with Crippen LogP contribution < -0.4 is 15.2 Å². The lowest BCUT2D eigenvalue weighted by Crippen LogP contribution is -2.15. The number of hydrogen-bond acceptors (Lipinski definition) is 3. The van der Waals surface area contributed by atoms with Crippen LogP contribution in [0.3, 0.4) is 0 Å². The first-order valence-corrected chi connectivity index (χ1v) is 8.39. The minimum atomic E-state index is 0.226. The zero-order valence-electron chi connectivity index (χ0n) is 13.7. The van der Waals surface area contributed by atoms with Gasteiger partial charge in [0.15, 0.2) is 0 Å². The summed E-state index contributed by atoms with van der Waals surface area (Å²) in [6, 6.07) is 14.1. The molecule has 2 aromatic rings. The van der Waals surface area contributed by atoms with Crippen molar-refractivity contribution in [2.45, 2.75) is 26.2 Å². The zero-order valence-corrected chi connectivity index (χ0v) is 14.5. The van der Waals surface area contributed by atoms with Gasteiger partial charge in [0, 0.05) is 5.92 Å². The standard InChI is InChI=1S/C19H24ClNO2/c1-3-22-17-7-5-6-15(12-17)16(13-21)10-14-8-9-19(23-4-2)18(20)11-14/h5-9,11-12,16H,3-4,10,13,21H2,1-2H3. The lowest BCUT2D eigenvalue weighted by Gasteiger charge is -2.17. The summed E-state index contributed by atoms with van der Waals surface area (Å²) in [5.41, 5.74) is 8.33. The topological polar surface area (TPSA) is 44.5 Å². The van der Waals surface area contributed by atoms with Crippen LogP contribution in [0.1, 0.15) is 30.9 Å². The van der Waals surface area contributed by atoms with Gasteiger partial charge in [-0.2, -0.15) is 0 Å². The third-order valence-corrected chi connectivity index (χ3v) is 4.00. The molecular formula is C19H24ClNO2. The number of benzene rings is 2.